The third-order valence-electron chi connectivity index (χ3n) is 5.04. The highest BCUT2D eigenvalue weighted by Crippen LogP contribution is 2.30. The van der Waals surface area contributed by atoms with Crippen molar-refractivity contribution in [3.05, 3.63) is 41.3 Å². The Morgan fingerprint density at radius 3 is 2.42 bits per heavy atom. The molecule has 0 bridgehead atoms. The maximum atomic E-state index is 13.3. The number of ether oxygens (including phenoxy) is 2. The molecule has 1 aromatic heterocycles. The van der Waals surface area contributed by atoms with E-state index in [1.165, 1.54) is 18.3 Å². The number of sulfonamides is 1. The van der Waals surface area contributed by atoms with Crippen molar-refractivity contribution in [2.75, 3.05) is 45.7 Å². The molecule has 0 aliphatic carbocycles. The number of nitrogens with one attached hydrogen (secondary N) is 1. The fourth-order valence-electron chi connectivity index (χ4n) is 3.48. The molecule has 1 aliphatic rings. The molecule has 11 heteroatoms. The largest absolute Gasteiger partial charge is 0.497 e. The molecule has 3 rings (SSSR count). The highest BCUT2D eigenvalue weighted by Gasteiger charge is 2.37. The zero-order chi connectivity index (χ0) is 22.8. The Kier molecular flexibility index (Phi) is 6.87. The van der Waals surface area contributed by atoms with E-state index in [0.717, 1.165) is 5.69 Å². The van der Waals surface area contributed by atoms with Gasteiger partial charge in [0.15, 0.2) is 5.11 Å². The molecule has 1 saturated heterocycles. The first-order valence-corrected chi connectivity index (χ1v) is 11.4. The summed E-state index contributed by atoms with van der Waals surface area (Å²) in [5.74, 6) is 0.340. The first kappa shape index (κ1) is 23.0. The van der Waals surface area contributed by atoms with Gasteiger partial charge in [-0.1, -0.05) is 6.07 Å². The van der Waals surface area contributed by atoms with E-state index in [1.807, 2.05) is 29.2 Å². The van der Waals surface area contributed by atoms with Gasteiger partial charge in [-0.15, -0.1) is 0 Å². The van der Waals surface area contributed by atoms with Crippen LogP contribution in [0, 0.1) is 13.8 Å². The molecular formula is C20H25N3O6S2. The summed E-state index contributed by atoms with van der Waals surface area (Å²) in [6.45, 7) is 4.30. The molecule has 1 N–H and O–H groups in total. The van der Waals surface area contributed by atoms with E-state index in [1.54, 1.807) is 14.0 Å². The van der Waals surface area contributed by atoms with Gasteiger partial charge >= 0.3 is 5.97 Å². The van der Waals surface area contributed by atoms with E-state index in [-0.39, 0.29) is 35.1 Å². The highest BCUT2D eigenvalue weighted by molar-refractivity contribution is 7.89. The average Bonchev–Trinajstić information content (AvgIpc) is 3.07. The van der Waals surface area contributed by atoms with E-state index in [9.17, 15) is 13.2 Å². The van der Waals surface area contributed by atoms with E-state index < -0.39 is 16.0 Å². The number of furan rings is 1. The minimum atomic E-state index is -3.94. The van der Waals surface area contributed by atoms with Crippen molar-refractivity contribution in [3.8, 4) is 5.75 Å². The van der Waals surface area contributed by atoms with Gasteiger partial charge in [-0.05, 0) is 38.2 Å². The second-order valence-corrected chi connectivity index (χ2v) is 9.22. The average molecular weight is 468 g/mol. The molecule has 2 aromatic rings. The monoisotopic (exact) mass is 467 g/mol. The Bertz CT molecular complexity index is 1090. The number of carbonyl (C=O) groups is 1. The molecule has 0 amide bonds. The predicted molar refractivity (Wildman–Crippen MR) is 119 cm³/mol. The maximum Gasteiger partial charge on any atom is 0.342 e. The lowest BCUT2D eigenvalue weighted by Gasteiger charge is -2.35. The van der Waals surface area contributed by atoms with Crippen LogP contribution in [0.5, 0.6) is 5.75 Å². The van der Waals surface area contributed by atoms with Crippen molar-refractivity contribution in [2.24, 2.45) is 0 Å². The van der Waals surface area contributed by atoms with E-state index in [2.05, 4.69) is 5.32 Å². The predicted octanol–water partition coefficient (Wildman–Crippen LogP) is 2.39. The summed E-state index contributed by atoms with van der Waals surface area (Å²) in [4.78, 5) is 13.9. The Morgan fingerprint density at radius 2 is 1.81 bits per heavy atom. The minimum Gasteiger partial charge on any atom is -0.497 e. The molecule has 31 heavy (non-hydrogen) atoms. The third-order valence-corrected chi connectivity index (χ3v) is 7.45. The van der Waals surface area contributed by atoms with Crippen LogP contribution in [0.1, 0.15) is 21.9 Å². The topological polar surface area (TPSA) is 101 Å². The van der Waals surface area contributed by atoms with Crippen LogP contribution in [0.15, 0.2) is 33.6 Å². The third kappa shape index (κ3) is 4.68. The first-order valence-electron chi connectivity index (χ1n) is 9.57. The number of thiocarbonyl (C=S) groups is 1. The molecule has 1 aliphatic heterocycles. The standard InChI is InChI=1S/C20H25N3O6S2/c1-13-17(19(24)28-4)18(14(2)29-13)31(25,26)23-10-8-22(9-11-23)20(30)21-15-6-5-7-16(12-15)27-3/h5-7,12H,8-11H2,1-4H3,(H,21,30). The number of nitrogens with zero attached hydrogens (tertiary/aromatic N) is 2. The number of rotatable bonds is 5. The van der Waals surface area contributed by atoms with Crippen molar-refractivity contribution >= 4 is 39.0 Å². The lowest BCUT2D eigenvalue weighted by Crippen LogP contribution is -2.51. The molecule has 0 saturated carbocycles. The number of carbonyl (C=O) groups excluding carboxylic acids is 1. The molecular weight excluding hydrogens is 442 g/mol. The van der Waals surface area contributed by atoms with Gasteiger partial charge in [0.05, 0.1) is 14.2 Å². The van der Waals surface area contributed by atoms with Crippen LogP contribution in [-0.4, -0.2) is 69.1 Å². The van der Waals surface area contributed by atoms with Gasteiger partial charge in [0, 0.05) is 37.9 Å². The Labute approximate surface area is 187 Å². The molecule has 168 valence electrons. The summed E-state index contributed by atoms with van der Waals surface area (Å²) < 4.78 is 43.3. The molecule has 0 unspecified atom stereocenters. The van der Waals surface area contributed by atoms with Gasteiger partial charge in [-0.25, -0.2) is 13.2 Å². The smallest absolute Gasteiger partial charge is 0.342 e. The zero-order valence-electron chi connectivity index (χ0n) is 17.8. The van der Waals surface area contributed by atoms with Crippen LogP contribution in [-0.2, 0) is 14.8 Å². The van der Waals surface area contributed by atoms with Crippen LogP contribution in [0.4, 0.5) is 5.69 Å². The molecule has 0 spiro atoms. The number of hydrogen-bond acceptors (Lipinski definition) is 7. The van der Waals surface area contributed by atoms with Gasteiger partial charge in [0.25, 0.3) is 0 Å². The molecule has 1 aromatic carbocycles. The molecule has 0 radical (unpaired) electrons. The number of aryl methyl sites for hydroxylation is 2. The number of benzene rings is 1. The van der Waals surface area contributed by atoms with Crippen LogP contribution in [0.3, 0.4) is 0 Å². The fourth-order valence-corrected chi connectivity index (χ4v) is 5.57. The van der Waals surface area contributed by atoms with Crippen molar-refractivity contribution in [1.82, 2.24) is 9.21 Å². The minimum absolute atomic E-state index is 0.0577. The van der Waals surface area contributed by atoms with Gasteiger partial charge < -0.3 is 24.1 Å². The Hall–Kier alpha value is -2.63. The summed E-state index contributed by atoms with van der Waals surface area (Å²) in [5.41, 5.74) is 0.726. The van der Waals surface area contributed by atoms with Crippen LogP contribution >= 0.6 is 12.2 Å². The zero-order valence-corrected chi connectivity index (χ0v) is 19.4. The molecule has 1 fully saturated rings. The van der Waals surface area contributed by atoms with Gasteiger partial charge in [0.1, 0.15) is 27.7 Å². The summed E-state index contributed by atoms with van der Waals surface area (Å²) in [5, 5.41) is 3.65. The second-order valence-electron chi connectivity index (χ2n) is 6.96. The van der Waals surface area contributed by atoms with Gasteiger partial charge in [-0.2, -0.15) is 4.31 Å². The lowest BCUT2D eigenvalue weighted by atomic mass is 10.2. The molecule has 2 heterocycles. The maximum absolute atomic E-state index is 13.3. The highest BCUT2D eigenvalue weighted by atomic mass is 32.2. The van der Waals surface area contributed by atoms with Crippen LogP contribution < -0.4 is 10.1 Å². The number of methoxy groups -OCH3 is 2. The van der Waals surface area contributed by atoms with E-state index in [4.69, 9.17) is 26.1 Å². The van der Waals surface area contributed by atoms with Crippen molar-refractivity contribution < 1.29 is 27.1 Å². The summed E-state index contributed by atoms with van der Waals surface area (Å²) in [6, 6.07) is 7.38. The number of esters is 1. The summed E-state index contributed by atoms with van der Waals surface area (Å²) in [6.07, 6.45) is 0. The van der Waals surface area contributed by atoms with Crippen molar-refractivity contribution in [2.45, 2.75) is 18.7 Å². The van der Waals surface area contributed by atoms with Crippen molar-refractivity contribution in [3.63, 3.8) is 0 Å². The Morgan fingerprint density at radius 1 is 1.13 bits per heavy atom. The second kappa shape index (κ2) is 9.25. The van der Waals surface area contributed by atoms with Gasteiger partial charge in [-0.3, -0.25) is 0 Å². The van der Waals surface area contributed by atoms with E-state index in [0.29, 0.717) is 24.0 Å². The van der Waals surface area contributed by atoms with E-state index >= 15 is 0 Å². The molecule has 9 nitrogen and oxygen atoms in total. The van der Waals surface area contributed by atoms with Crippen LogP contribution in [0.25, 0.3) is 0 Å². The first-order chi connectivity index (χ1) is 14.7. The van der Waals surface area contributed by atoms with Gasteiger partial charge in [0.2, 0.25) is 10.0 Å². The summed E-state index contributed by atoms with van der Waals surface area (Å²) >= 11 is 5.49. The quantitative estimate of drug-likeness (QED) is 0.525. The fraction of sp³-hybridized carbons (Fsp3) is 0.400. The van der Waals surface area contributed by atoms with Crippen LogP contribution in [0.2, 0.25) is 0 Å². The normalized spacial score (nSPS) is 14.9. The van der Waals surface area contributed by atoms with Crippen molar-refractivity contribution in [1.29, 1.82) is 0 Å². The lowest BCUT2D eigenvalue weighted by molar-refractivity contribution is 0.0594. The SMILES string of the molecule is COC(=O)c1c(C)oc(C)c1S(=O)(=O)N1CCN(C(=S)Nc2cccc(OC)c2)CC1. The molecule has 0 atom stereocenters. The number of piperazine rings is 1. The Balaban J connectivity index is 1.72. The number of hydrogen-bond donors (Lipinski definition) is 1. The summed E-state index contributed by atoms with van der Waals surface area (Å²) in [7, 11) is -1.15. The number of anilines is 1.